The van der Waals surface area contributed by atoms with Crippen molar-refractivity contribution in [1.29, 1.82) is 0 Å². The van der Waals surface area contributed by atoms with Gasteiger partial charge < -0.3 is 14.4 Å². The van der Waals surface area contributed by atoms with Crippen LogP contribution in [0.15, 0.2) is 30.3 Å². The van der Waals surface area contributed by atoms with Crippen LogP contribution in [-0.2, 0) is 13.0 Å². The summed E-state index contributed by atoms with van der Waals surface area (Å²) in [5.41, 5.74) is 6.81. The van der Waals surface area contributed by atoms with E-state index in [0.29, 0.717) is 6.79 Å². The fourth-order valence-corrected chi connectivity index (χ4v) is 3.66. The van der Waals surface area contributed by atoms with Crippen molar-refractivity contribution in [2.45, 2.75) is 39.7 Å². The minimum atomic E-state index is 0.333. The Morgan fingerprint density at radius 1 is 1.04 bits per heavy atom. The number of para-hydroxylation sites is 1. The van der Waals surface area contributed by atoms with Crippen molar-refractivity contribution in [1.82, 2.24) is 0 Å². The van der Waals surface area contributed by atoms with E-state index < -0.39 is 0 Å². The number of fused-ring (bicyclic) bond motifs is 4. The Kier molecular flexibility index (Phi) is 3.64. The van der Waals surface area contributed by atoms with E-state index >= 15 is 0 Å². The average Bonchev–Trinajstić information content (AvgIpc) is 3.04. The molecule has 2 aliphatic rings. The van der Waals surface area contributed by atoms with Crippen LogP contribution in [0.3, 0.4) is 0 Å². The third-order valence-corrected chi connectivity index (χ3v) is 4.85. The molecule has 0 atom stereocenters. The van der Waals surface area contributed by atoms with Gasteiger partial charge in [0.25, 0.3) is 0 Å². The Morgan fingerprint density at radius 2 is 1.87 bits per heavy atom. The Labute approximate surface area is 137 Å². The maximum atomic E-state index is 5.59. The highest BCUT2D eigenvalue weighted by atomic mass is 16.7. The number of anilines is 1. The van der Waals surface area contributed by atoms with Gasteiger partial charge in [-0.3, -0.25) is 0 Å². The lowest BCUT2D eigenvalue weighted by Crippen LogP contribution is -2.28. The second-order valence-corrected chi connectivity index (χ2v) is 6.30. The standard InChI is InChI=1S/C20H23NO2/c1-3-5-9-21-12-15-10-18-19(23-13-22-18)11-17(15)16-8-6-7-14(4-2)20(16)21/h6-8,10-11H,3-5,9,12-13H2,1-2H3. The second kappa shape index (κ2) is 5.80. The van der Waals surface area contributed by atoms with E-state index in [0.717, 1.165) is 31.0 Å². The molecule has 0 unspecified atom stereocenters. The van der Waals surface area contributed by atoms with Crippen LogP contribution in [0.1, 0.15) is 37.8 Å². The Balaban J connectivity index is 1.87. The molecule has 2 aliphatic heterocycles. The third kappa shape index (κ3) is 2.35. The lowest BCUT2D eigenvalue weighted by atomic mass is 9.90. The molecule has 0 radical (unpaired) electrons. The molecule has 0 saturated carbocycles. The molecule has 0 spiro atoms. The molecule has 2 aromatic rings. The average molecular weight is 309 g/mol. The third-order valence-electron chi connectivity index (χ3n) is 4.85. The zero-order valence-corrected chi connectivity index (χ0v) is 13.9. The first-order valence-electron chi connectivity index (χ1n) is 8.61. The maximum absolute atomic E-state index is 5.59. The van der Waals surface area contributed by atoms with Crippen LogP contribution in [0, 0.1) is 0 Å². The number of benzene rings is 2. The highest BCUT2D eigenvalue weighted by Crippen LogP contribution is 2.46. The summed E-state index contributed by atoms with van der Waals surface area (Å²) >= 11 is 0. The SMILES string of the molecule is CCCCN1Cc2cc3c(cc2-c2cccc(CC)c21)OCO3. The van der Waals surface area contributed by atoms with Crippen LogP contribution in [0.2, 0.25) is 0 Å². The summed E-state index contributed by atoms with van der Waals surface area (Å²) in [6.45, 7) is 6.88. The molecule has 0 amide bonds. The Bertz CT molecular complexity index is 739. The molecule has 3 nitrogen and oxygen atoms in total. The van der Waals surface area contributed by atoms with Crippen molar-refractivity contribution in [3.63, 3.8) is 0 Å². The first-order valence-corrected chi connectivity index (χ1v) is 8.61. The van der Waals surface area contributed by atoms with Crippen molar-refractivity contribution in [3.05, 3.63) is 41.5 Å². The van der Waals surface area contributed by atoms with Crippen molar-refractivity contribution in [2.24, 2.45) is 0 Å². The minimum Gasteiger partial charge on any atom is -0.454 e. The molecule has 0 N–H and O–H groups in total. The number of aryl methyl sites for hydroxylation is 1. The highest BCUT2D eigenvalue weighted by Gasteiger charge is 2.27. The van der Waals surface area contributed by atoms with Gasteiger partial charge in [-0.15, -0.1) is 0 Å². The predicted octanol–water partition coefficient (Wildman–Crippen LogP) is 4.76. The van der Waals surface area contributed by atoms with Crippen LogP contribution in [0.4, 0.5) is 5.69 Å². The van der Waals surface area contributed by atoms with Crippen molar-refractivity contribution in [3.8, 4) is 22.6 Å². The highest BCUT2D eigenvalue weighted by molar-refractivity contribution is 5.87. The van der Waals surface area contributed by atoms with Gasteiger partial charge >= 0.3 is 0 Å². The van der Waals surface area contributed by atoms with Crippen LogP contribution < -0.4 is 14.4 Å². The molecule has 3 heteroatoms. The molecule has 2 aromatic carbocycles. The Hall–Kier alpha value is -2.16. The Morgan fingerprint density at radius 3 is 2.65 bits per heavy atom. The van der Waals surface area contributed by atoms with Gasteiger partial charge in [0.05, 0.1) is 0 Å². The van der Waals surface area contributed by atoms with Gasteiger partial charge in [-0.25, -0.2) is 0 Å². The van der Waals surface area contributed by atoms with Gasteiger partial charge in [0.15, 0.2) is 11.5 Å². The fraction of sp³-hybridized carbons (Fsp3) is 0.400. The number of ether oxygens (including phenoxy) is 2. The normalized spacial score (nSPS) is 14.6. The van der Waals surface area contributed by atoms with E-state index in [9.17, 15) is 0 Å². The van der Waals surface area contributed by atoms with E-state index in [1.54, 1.807) is 0 Å². The summed E-state index contributed by atoms with van der Waals surface area (Å²) in [4.78, 5) is 2.54. The molecule has 0 saturated heterocycles. The summed E-state index contributed by atoms with van der Waals surface area (Å²) in [7, 11) is 0. The molecule has 4 rings (SSSR count). The summed E-state index contributed by atoms with van der Waals surface area (Å²) in [5, 5.41) is 0. The molecular formula is C20H23NO2. The van der Waals surface area contributed by atoms with Crippen molar-refractivity contribution >= 4 is 5.69 Å². The molecule has 0 aromatic heterocycles. The molecule has 120 valence electrons. The molecule has 0 fully saturated rings. The van der Waals surface area contributed by atoms with Gasteiger partial charge in [0, 0.05) is 24.3 Å². The van der Waals surface area contributed by atoms with Gasteiger partial charge in [-0.1, -0.05) is 38.5 Å². The maximum Gasteiger partial charge on any atom is 0.231 e. The van der Waals surface area contributed by atoms with Crippen LogP contribution in [0.25, 0.3) is 11.1 Å². The lowest BCUT2D eigenvalue weighted by molar-refractivity contribution is 0.174. The molecule has 0 aliphatic carbocycles. The number of hydrogen-bond donors (Lipinski definition) is 0. The number of nitrogens with zero attached hydrogens (tertiary/aromatic N) is 1. The second-order valence-electron chi connectivity index (χ2n) is 6.30. The summed E-state index contributed by atoms with van der Waals surface area (Å²) in [6, 6.07) is 11.0. The number of rotatable bonds is 4. The first-order chi connectivity index (χ1) is 11.3. The lowest BCUT2D eigenvalue weighted by Gasteiger charge is -2.35. The summed E-state index contributed by atoms with van der Waals surface area (Å²) in [5.74, 6) is 1.76. The molecular weight excluding hydrogens is 286 g/mol. The van der Waals surface area contributed by atoms with Crippen LogP contribution in [-0.4, -0.2) is 13.3 Å². The van der Waals surface area contributed by atoms with Crippen molar-refractivity contribution in [2.75, 3.05) is 18.2 Å². The first kappa shape index (κ1) is 14.4. The van der Waals surface area contributed by atoms with Gasteiger partial charge in [-0.2, -0.15) is 0 Å². The van der Waals surface area contributed by atoms with Crippen LogP contribution in [0.5, 0.6) is 11.5 Å². The number of hydrogen-bond acceptors (Lipinski definition) is 3. The smallest absolute Gasteiger partial charge is 0.231 e. The van der Waals surface area contributed by atoms with E-state index in [4.69, 9.17) is 9.47 Å². The number of unbranched alkanes of at least 4 members (excludes halogenated alkanes) is 1. The summed E-state index contributed by atoms with van der Waals surface area (Å²) < 4.78 is 11.2. The fourth-order valence-electron chi connectivity index (χ4n) is 3.66. The van der Waals surface area contributed by atoms with E-state index in [2.05, 4.69) is 49.1 Å². The predicted molar refractivity (Wildman–Crippen MR) is 93.3 cm³/mol. The van der Waals surface area contributed by atoms with E-state index in [1.807, 2.05) is 0 Å². The topological polar surface area (TPSA) is 21.7 Å². The zero-order chi connectivity index (χ0) is 15.8. The zero-order valence-electron chi connectivity index (χ0n) is 13.9. The minimum absolute atomic E-state index is 0.333. The van der Waals surface area contributed by atoms with Crippen LogP contribution >= 0.6 is 0 Å². The largest absolute Gasteiger partial charge is 0.454 e. The molecule has 2 heterocycles. The van der Waals surface area contributed by atoms with Crippen molar-refractivity contribution < 1.29 is 9.47 Å². The van der Waals surface area contributed by atoms with Gasteiger partial charge in [-0.05, 0) is 41.7 Å². The summed E-state index contributed by atoms with van der Waals surface area (Å²) in [6.07, 6.45) is 3.50. The molecule has 0 bridgehead atoms. The van der Waals surface area contributed by atoms with Gasteiger partial charge in [0.1, 0.15) is 0 Å². The quantitative estimate of drug-likeness (QED) is 0.812. The van der Waals surface area contributed by atoms with Gasteiger partial charge in [0.2, 0.25) is 6.79 Å². The van der Waals surface area contributed by atoms with E-state index in [1.165, 1.54) is 40.8 Å². The monoisotopic (exact) mass is 309 g/mol. The van der Waals surface area contributed by atoms with E-state index in [-0.39, 0.29) is 0 Å². The molecule has 23 heavy (non-hydrogen) atoms.